The van der Waals surface area contributed by atoms with Gasteiger partial charge in [-0.15, -0.1) is 0 Å². The molecule has 1 aromatic heterocycles. The fraction of sp³-hybridized carbons (Fsp3) is 0.750. The Morgan fingerprint density at radius 3 is 2.43 bits per heavy atom. The van der Waals surface area contributed by atoms with Gasteiger partial charge in [0.25, 0.3) is 0 Å². The minimum Gasteiger partial charge on any atom is -0.351 e. The second kappa shape index (κ2) is 5.13. The first kappa shape index (κ1) is 13.3. The van der Waals surface area contributed by atoms with Crippen molar-refractivity contribution < 1.29 is 4.79 Å². The Hall–Kier alpha value is -1.36. The molecule has 5 nitrogen and oxygen atoms in total. The highest BCUT2D eigenvalue weighted by atomic mass is 16.2. The molecule has 1 saturated heterocycles. The minimum absolute atomic E-state index is 0.191. The molecular formula is C16H24N4O. The van der Waals surface area contributed by atoms with E-state index in [1.807, 2.05) is 16.9 Å². The van der Waals surface area contributed by atoms with Gasteiger partial charge in [0, 0.05) is 18.4 Å². The molecule has 3 aliphatic rings. The second-order valence-electron chi connectivity index (χ2n) is 6.91. The molecule has 0 radical (unpaired) electrons. The number of hydrogen-bond donors (Lipinski definition) is 2. The Labute approximate surface area is 125 Å². The number of aromatic nitrogens is 2. The van der Waals surface area contributed by atoms with E-state index in [4.69, 9.17) is 0 Å². The molecule has 2 saturated carbocycles. The van der Waals surface area contributed by atoms with Crippen molar-refractivity contribution in [2.24, 2.45) is 11.8 Å². The molecule has 0 aromatic carbocycles. The van der Waals surface area contributed by atoms with Crippen LogP contribution in [0.25, 0.3) is 0 Å². The Morgan fingerprint density at radius 2 is 1.90 bits per heavy atom. The van der Waals surface area contributed by atoms with Gasteiger partial charge in [0.2, 0.25) is 5.91 Å². The Morgan fingerprint density at radius 1 is 1.24 bits per heavy atom. The summed E-state index contributed by atoms with van der Waals surface area (Å²) in [5.41, 5.74) is -0.489. The molecule has 2 N–H and O–H groups in total. The van der Waals surface area contributed by atoms with Crippen LogP contribution in [0.2, 0.25) is 0 Å². The number of nitrogens with one attached hydrogen (secondary N) is 2. The Balaban J connectivity index is 1.56. The zero-order valence-corrected chi connectivity index (χ0v) is 12.4. The van der Waals surface area contributed by atoms with Gasteiger partial charge in [0.05, 0.1) is 0 Å². The van der Waals surface area contributed by atoms with Gasteiger partial charge in [-0.2, -0.15) is 5.10 Å². The molecule has 21 heavy (non-hydrogen) atoms. The van der Waals surface area contributed by atoms with Crippen LogP contribution in [0.15, 0.2) is 18.5 Å². The van der Waals surface area contributed by atoms with Gasteiger partial charge in [-0.25, -0.2) is 0 Å². The van der Waals surface area contributed by atoms with Gasteiger partial charge in [-0.3, -0.25) is 9.48 Å². The zero-order valence-electron chi connectivity index (χ0n) is 12.4. The second-order valence-corrected chi connectivity index (χ2v) is 6.91. The smallest absolute Gasteiger partial charge is 0.248 e. The van der Waals surface area contributed by atoms with E-state index in [0.29, 0.717) is 6.04 Å². The largest absolute Gasteiger partial charge is 0.351 e. The highest BCUT2D eigenvalue weighted by Crippen LogP contribution is 2.45. The third-order valence-electron chi connectivity index (χ3n) is 5.35. The van der Waals surface area contributed by atoms with E-state index in [-0.39, 0.29) is 5.91 Å². The lowest BCUT2D eigenvalue weighted by atomic mass is 9.86. The van der Waals surface area contributed by atoms with Crippen LogP contribution in [0, 0.1) is 11.8 Å². The van der Waals surface area contributed by atoms with Gasteiger partial charge in [-0.05, 0) is 69.5 Å². The molecule has 5 heteroatoms. The Kier molecular flexibility index (Phi) is 3.25. The summed E-state index contributed by atoms with van der Waals surface area (Å²) >= 11 is 0. The summed E-state index contributed by atoms with van der Waals surface area (Å²) in [5, 5.41) is 11.2. The monoisotopic (exact) mass is 288 g/mol. The van der Waals surface area contributed by atoms with Crippen molar-refractivity contribution in [2.45, 2.75) is 50.1 Å². The van der Waals surface area contributed by atoms with Crippen LogP contribution in [0.4, 0.5) is 0 Å². The standard InChI is InChI=1S/C16H24N4O/c21-15(19-14(12-2-3-12)13-4-5-13)16(6-9-17-10-7-16)20-11-1-8-18-20/h1,8,11-14,17H,2-7,9-10H2,(H,19,21). The highest BCUT2D eigenvalue weighted by molar-refractivity contribution is 5.85. The summed E-state index contributed by atoms with van der Waals surface area (Å²) in [4.78, 5) is 13.1. The molecule has 2 heterocycles. The Bertz CT molecular complexity index is 486. The lowest BCUT2D eigenvalue weighted by Crippen LogP contribution is -2.57. The summed E-state index contributed by atoms with van der Waals surface area (Å²) in [6, 6.07) is 2.33. The molecule has 2 aliphatic carbocycles. The third-order valence-corrected chi connectivity index (χ3v) is 5.35. The highest BCUT2D eigenvalue weighted by Gasteiger charge is 2.47. The summed E-state index contributed by atoms with van der Waals surface area (Å²) in [6.45, 7) is 1.76. The van der Waals surface area contributed by atoms with Gasteiger partial charge in [0.15, 0.2) is 0 Å². The molecule has 1 amide bonds. The average Bonchev–Trinajstić information content (AvgIpc) is 3.45. The summed E-state index contributed by atoms with van der Waals surface area (Å²) in [5.74, 6) is 1.66. The molecule has 1 aromatic rings. The number of nitrogens with zero attached hydrogens (tertiary/aromatic N) is 2. The van der Waals surface area contributed by atoms with Crippen molar-refractivity contribution in [3.63, 3.8) is 0 Å². The molecule has 114 valence electrons. The number of carbonyl (C=O) groups is 1. The maximum Gasteiger partial charge on any atom is 0.248 e. The van der Waals surface area contributed by atoms with E-state index in [2.05, 4.69) is 15.7 Å². The molecule has 0 bridgehead atoms. The SMILES string of the molecule is O=C(NC(C1CC1)C1CC1)C1(n2cccn2)CCNCC1. The lowest BCUT2D eigenvalue weighted by molar-refractivity contribution is -0.133. The van der Waals surface area contributed by atoms with Crippen molar-refractivity contribution >= 4 is 5.91 Å². The van der Waals surface area contributed by atoms with Crippen molar-refractivity contribution in [1.82, 2.24) is 20.4 Å². The van der Waals surface area contributed by atoms with Crippen molar-refractivity contribution in [3.05, 3.63) is 18.5 Å². The number of piperidine rings is 1. The van der Waals surface area contributed by atoms with Crippen LogP contribution in [-0.4, -0.2) is 34.8 Å². The molecule has 0 atom stereocenters. The molecular weight excluding hydrogens is 264 g/mol. The third kappa shape index (κ3) is 2.48. The molecule has 4 rings (SSSR count). The molecule has 1 aliphatic heterocycles. The maximum absolute atomic E-state index is 13.1. The molecule has 0 spiro atoms. The average molecular weight is 288 g/mol. The predicted molar refractivity (Wildman–Crippen MR) is 79.7 cm³/mol. The van der Waals surface area contributed by atoms with Crippen LogP contribution in [0.3, 0.4) is 0 Å². The topological polar surface area (TPSA) is 59.0 Å². The van der Waals surface area contributed by atoms with Crippen LogP contribution in [-0.2, 0) is 10.3 Å². The molecule has 0 unspecified atom stereocenters. The van der Waals surface area contributed by atoms with E-state index in [1.165, 1.54) is 25.7 Å². The molecule has 3 fully saturated rings. The minimum atomic E-state index is -0.489. The van der Waals surface area contributed by atoms with Crippen molar-refractivity contribution in [1.29, 1.82) is 0 Å². The predicted octanol–water partition coefficient (Wildman–Crippen LogP) is 1.27. The number of rotatable bonds is 5. The summed E-state index contributed by atoms with van der Waals surface area (Å²) < 4.78 is 1.89. The number of hydrogen-bond acceptors (Lipinski definition) is 3. The maximum atomic E-state index is 13.1. The van der Waals surface area contributed by atoms with Crippen LogP contribution in [0.5, 0.6) is 0 Å². The van der Waals surface area contributed by atoms with Gasteiger partial charge in [-0.1, -0.05) is 0 Å². The van der Waals surface area contributed by atoms with Crippen molar-refractivity contribution in [2.75, 3.05) is 13.1 Å². The fourth-order valence-electron chi connectivity index (χ4n) is 3.74. The first-order valence-electron chi connectivity index (χ1n) is 8.31. The first-order chi connectivity index (χ1) is 10.3. The normalized spacial score (nSPS) is 25.0. The van der Waals surface area contributed by atoms with E-state index in [0.717, 1.165) is 37.8 Å². The quantitative estimate of drug-likeness (QED) is 0.858. The first-order valence-corrected chi connectivity index (χ1v) is 8.31. The number of carbonyl (C=O) groups excluding carboxylic acids is 1. The zero-order chi connectivity index (χ0) is 14.3. The van der Waals surface area contributed by atoms with Crippen LogP contribution in [0.1, 0.15) is 38.5 Å². The summed E-state index contributed by atoms with van der Waals surface area (Å²) in [6.07, 6.45) is 10.5. The van der Waals surface area contributed by atoms with Gasteiger partial charge >= 0.3 is 0 Å². The van der Waals surface area contributed by atoms with Crippen LogP contribution < -0.4 is 10.6 Å². The van der Waals surface area contributed by atoms with Crippen LogP contribution >= 0.6 is 0 Å². The lowest BCUT2D eigenvalue weighted by Gasteiger charge is -2.37. The van der Waals surface area contributed by atoms with Crippen molar-refractivity contribution in [3.8, 4) is 0 Å². The van der Waals surface area contributed by atoms with E-state index in [1.54, 1.807) is 6.20 Å². The van der Waals surface area contributed by atoms with E-state index >= 15 is 0 Å². The fourth-order valence-corrected chi connectivity index (χ4v) is 3.74. The van der Waals surface area contributed by atoms with Gasteiger partial charge < -0.3 is 10.6 Å². The number of amides is 1. The van der Waals surface area contributed by atoms with E-state index in [9.17, 15) is 4.79 Å². The van der Waals surface area contributed by atoms with E-state index < -0.39 is 5.54 Å². The summed E-state index contributed by atoms with van der Waals surface area (Å²) in [7, 11) is 0. The van der Waals surface area contributed by atoms with Gasteiger partial charge in [0.1, 0.15) is 5.54 Å².